The molecule has 1 heteroatoms. The molecule has 0 unspecified atom stereocenters. The topological polar surface area (TPSA) is 3.24 Å². The Labute approximate surface area is 79.4 Å². The van der Waals surface area contributed by atoms with Gasteiger partial charge in [-0.2, -0.15) is 0 Å². The van der Waals surface area contributed by atoms with Crippen molar-refractivity contribution in [3.05, 3.63) is 29.8 Å². The van der Waals surface area contributed by atoms with Crippen molar-refractivity contribution in [3.63, 3.8) is 0 Å². The van der Waals surface area contributed by atoms with Crippen molar-refractivity contribution in [2.75, 3.05) is 11.9 Å². The van der Waals surface area contributed by atoms with Gasteiger partial charge in [0, 0.05) is 24.7 Å². The molecule has 13 heavy (non-hydrogen) atoms. The van der Waals surface area contributed by atoms with Gasteiger partial charge < -0.3 is 4.90 Å². The van der Waals surface area contributed by atoms with Crippen molar-refractivity contribution in [1.29, 1.82) is 0 Å². The second kappa shape index (κ2) is 2.50. The molecule has 1 heterocycles. The van der Waals surface area contributed by atoms with E-state index in [1.807, 2.05) is 0 Å². The Morgan fingerprint density at radius 2 is 2.08 bits per heavy atom. The van der Waals surface area contributed by atoms with E-state index >= 15 is 0 Å². The SMILES string of the molecule is CN1c2ccccc2[C@H]2CCC[C@@H]21. The third-order valence-electron chi connectivity index (χ3n) is 3.69. The van der Waals surface area contributed by atoms with Crippen LogP contribution in [0.1, 0.15) is 30.7 Å². The Bertz CT molecular complexity index is 332. The molecule has 3 rings (SSSR count). The summed E-state index contributed by atoms with van der Waals surface area (Å²) in [6.45, 7) is 0. The molecule has 1 nitrogen and oxygen atoms in total. The van der Waals surface area contributed by atoms with Crippen molar-refractivity contribution in [2.24, 2.45) is 0 Å². The Morgan fingerprint density at radius 1 is 1.23 bits per heavy atom. The maximum Gasteiger partial charge on any atom is 0.0402 e. The first-order chi connectivity index (χ1) is 6.38. The van der Waals surface area contributed by atoms with Crippen LogP contribution in [0.4, 0.5) is 5.69 Å². The average molecular weight is 173 g/mol. The summed E-state index contributed by atoms with van der Waals surface area (Å²) in [6.07, 6.45) is 4.19. The first-order valence-corrected chi connectivity index (χ1v) is 5.19. The van der Waals surface area contributed by atoms with Gasteiger partial charge in [0.2, 0.25) is 0 Å². The van der Waals surface area contributed by atoms with Crippen LogP contribution >= 0.6 is 0 Å². The van der Waals surface area contributed by atoms with Crippen molar-refractivity contribution in [3.8, 4) is 0 Å². The summed E-state index contributed by atoms with van der Waals surface area (Å²) in [4.78, 5) is 2.48. The molecule has 1 saturated carbocycles. The molecule has 1 aliphatic heterocycles. The molecular formula is C12H15N. The van der Waals surface area contributed by atoms with Crippen LogP contribution in [0.3, 0.4) is 0 Å². The Kier molecular flexibility index (Phi) is 1.43. The van der Waals surface area contributed by atoms with Crippen LogP contribution in [0.5, 0.6) is 0 Å². The monoisotopic (exact) mass is 173 g/mol. The van der Waals surface area contributed by atoms with E-state index in [0.717, 1.165) is 12.0 Å². The van der Waals surface area contributed by atoms with Crippen LogP contribution in [0.25, 0.3) is 0 Å². The number of hydrogen-bond donors (Lipinski definition) is 0. The largest absolute Gasteiger partial charge is 0.371 e. The number of para-hydroxylation sites is 1. The van der Waals surface area contributed by atoms with Crippen molar-refractivity contribution in [2.45, 2.75) is 31.2 Å². The molecule has 0 aromatic heterocycles. The first kappa shape index (κ1) is 7.43. The third kappa shape index (κ3) is 0.874. The summed E-state index contributed by atoms with van der Waals surface area (Å²) >= 11 is 0. The zero-order valence-electron chi connectivity index (χ0n) is 8.03. The second-order valence-electron chi connectivity index (χ2n) is 4.27. The maximum absolute atomic E-state index is 2.48. The molecule has 0 radical (unpaired) electrons. The fourth-order valence-electron chi connectivity index (χ4n) is 3.07. The van der Waals surface area contributed by atoms with E-state index in [4.69, 9.17) is 0 Å². The smallest absolute Gasteiger partial charge is 0.0402 e. The number of fused-ring (bicyclic) bond motifs is 3. The summed E-state index contributed by atoms with van der Waals surface area (Å²) in [7, 11) is 2.24. The lowest BCUT2D eigenvalue weighted by Gasteiger charge is -2.21. The van der Waals surface area contributed by atoms with Gasteiger partial charge in [-0.15, -0.1) is 0 Å². The van der Waals surface area contributed by atoms with Crippen LogP contribution < -0.4 is 4.90 Å². The first-order valence-electron chi connectivity index (χ1n) is 5.19. The zero-order chi connectivity index (χ0) is 8.84. The Balaban J connectivity index is 2.13. The molecule has 2 atom stereocenters. The molecule has 2 aliphatic rings. The lowest BCUT2D eigenvalue weighted by Crippen LogP contribution is -2.26. The van der Waals surface area contributed by atoms with Crippen molar-refractivity contribution in [1.82, 2.24) is 0 Å². The molecule has 0 saturated heterocycles. The summed E-state index contributed by atoms with van der Waals surface area (Å²) in [5.74, 6) is 0.834. The summed E-state index contributed by atoms with van der Waals surface area (Å²) in [6, 6.07) is 9.69. The predicted octanol–water partition coefficient (Wildman–Crippen LogP) is 2.77. The van der Waals surface area contributed by atoms with Gasteiger partial charge in [-0.05, 0) is 24.5 Å². The average Bonchev–Trinajstić information content (AvgIpc) is 2.72. The lowest BCUT2D eigenvalue weighted by molar-refractivity contribution is 0.625. The van der Waals surface area contributed by atoms with Crippen LogP contribution in [0, 0.1) is 0 Å². The van der Waals surface area contributed by atoms with Gasteiger partial charge in [0.1, 0.15) is 0 Å². The number of nitrogens with zero attached hydrogens (tertiary/aromatic N) is 1. The minimum absolute atomic E-state index is 0.803. The highest BCUT2D eigenvalue weighted by atomic mass is 15.2. The minimum Gasteiger partial charge on any atom is -0.371 e. The number of benzene rings is 1. The van der Waals surface area contributed by atoms with Gasteiger partial charge in [0.25, 0.3) is 0 Å². The van der Waals surface area contributed by atoms with E-state index in [-0.39, 0.29) is 0 Å². The predicted molar refractivity (Wildman–Crippen MR) is 55.2 cm³/mol. The standard InChI is InChI=1S/C12H15N/c1-13-11-7-3-2-5-9(11)10-6-4-8-12(10)13/h2-3,5,7,10,12H,4,6,8H2,1H3/t10-,12+/m1/s1. The zero-order valence-corrected chi connectivity index (χ0v) is 8.03. The van der Waals surface area contributed by atoms with Gasteiger partial charge >= 0.3 is 0 Å². The molecule has 68 valence electrons. The molecule has 0 bridgehead atoms. The van der Waals surface area contributed by atoms with Gasteiger partial charge in [-0.3, -0.25) is 0 Å². The summed E-state index contributed by atoms with van der Waals surface area (Å²) in [5, 5.41) is 0. The molecule has 0 amide bonds. The Morgan fingerprint density at radius 3 is 3.00 bits per heavy atom. The van der Waals surface area contributed by atoms with Crippen molar-refractivity contribution >= 4 is 5.69 Å². The number of rotatable bonds is 0. The molecule has 0 N–H and O–H groups in total. The highest BCUT2D eigenvalue weighted by Crippen LogP contribution is 2.47. The fourth-order valence-corrected chi connectivity index (χ4v) is 3.07. The number of hydrogen-bond acceptors (Lipinski definition) is 1. The van der Waals surface area contributed by atoms with Crippen LogP contribution in [0.15, 0.2) is 24.3 Å². The van der Waals surface area contributed by atoms with Gasteiger partial charge in [0.05, 0.1) is 0 Å². The van der Waals surface area contributed by atoms with Gasteiger partial charge in [0.15, 0.2) is 0 Å². The Hall–Kier alpha value is -0.980. The van der Waals surface area contributed by atoms with Crippen LogP contribution in [-0.2, 0) is 0 Å². The fraction of sp³-hybridized carbons (Fsp3) is 0.500. The third-order valence-corrected chi connectivity index (χ3v) is 3.69. The van der Waals surface area contributed by atoms with Crippen molar-refractivity contribution < 1.29 is 0 Å². The molecule has 1 aromatic carbocycles. The van der Waals surface area contributed by atoms with E-state index < -0.39 is 0 Å². The number of likely N-dealkylation sites (N-methyl/N-ethyl adjacent to an activating group) is 1. The summed E-state index contributed by atoms with van der Waals surface area (Å²) < 4.78 is 0. The molecular weight excluding hydrogens is 158 g/mol. The van der Waals surface area contributed by atoms with E-state index in [1.165, 1.54) is 24.9 Å². The van der Waals surface area contributed by atoms with E-state index in [9.17, 15) is 0 Å². The summed E-state index contributed by atoms with van der Waals surface area (Å²) in [5.41, 5.74) is 3.06. The van der Waals surface area contributed by atoms with Gasteiger partial charge in [-0.25, -0.2) is 0 Å². The van der Waals surface area contributed by atoms with Crippen LogP contribution in [0.2, 0.25) is 0 Å². The highest BCUT2D eigenvalue weighted by Gasteiger charge is 2.38. The normalized spacial score (nSPS) is 30.4. The molecule has 1 aromatic rings. The van der Waals surface area contributed by atoms with E-state index in [0.29, 0.717) is 0 Å². The lowest BCUT2D eigenvalue weighted by atomic mass is 9.98. The maximum atomic E-state index is 2.48. The molecule has 1 fully saturated rings. The van der Waals surface area contributed by atoms with E-state index in [2.05, 4.69) is 36.2 Å². The molecule has 0 spiro atoms. The highest BCUT2D eigenvalue weighted by molar-refractivity contribution is 5.61. The quantitative estimate of drug-likeness (QED) is 0.583. The minimum atomic E-state index is 0.803. The number of anilines is 1. The van der Waals surface area contributed by atoms with E-state index in [1.54, 1.807) is 5.56 Å². The molecule has 1 aliphatic carbocycles. The van der Waals surface area contributed by atoms with Crippen LogP contribution in [-0.4, -0.2) is 13.1 Å². The van der Waals surface area contributed by atoms with Gasteiger partial charge in [-0.1, -0.05) is 24.6 Å². The second-order valence-corrected chi connectivity index (χ2v) is 4.27.